The van der Waals surface area contributed by atoms with Gasteiger partial charge in [-0.1, -0.05) is 36.4 Å². The summed E-state index contributed by atoms with van der Waals surface area (Å²) in [7, 11) is 0. The molecule has 6 nitrogen and oxygen atoms in total. The van der Waals surface area contributed by atoms with Crippen LogP contribution in [0.25, 0.3) is 6.08 Å². The van der Waals surface area contributed by atoms with E-state index in [1.807, 2.05) is 59.6 Å². The highest BCUT2D eigenvalue weighted by Gasteiger charge is 2.26. The van der Waals surface area contributed by atoms with E-state index in [4.69, 9.17) is 0 Å². The largest absolute Gasteiger partial charge is 0.357 e. The molecule has 2 saturated heterocycles. The van der Waals surface area contributed by atoms with E-state index in [1.165, 1.54) is 12.8 Å². The van der Waals surface area contributed by atoms with Crippen molar-refractivity contribution in [2.75, 3.05) is 31.1 Å². The molecule has 0 radical (unpaired) electrons. The standard InChI is InChI=1S/C25H30N4O2/c30-24(11-9-20-6-2-1-3-7-20)29-16-12-22(13-17-29)25(31)27-19-21-8-10-23(26-18-21)28-14-4-5-15-28/h1-3,6-11,18,22H,4-5,12-17,19H2,(H,27,31)/b11-9+. The predicted molar refractivity (Wildman–Crippen MR) is 122 cm³/mol. The Morgan fingerprint density at radius 2 is 1.74 bits per heavy atom. The van der Waals surface area contributed by atoms with Crippen molar-refractivity contribution in [3.8, 4) is 0 Å². The van der Waals surface area contributed by atoms with Gasteiger partial charge in [0.05, 0.1) is 0 Å². The Labute approximate surface area is 184 Å². The van der Waals surface area contributed by atoms with Crippen molar-refractivity contribution in [2.24, 2.45) is 5.92 Å². The topological polar surface area (TPSA) is 65.5 Å². The molecule has 0 saturated carbocycles. The first kappa shape index (κ1) is 21.1. The van der Waals surface area contributed by atoms with Gasteiger partial charge in [-0.3, -0.25) is 9.59 Å². The van der Waals surface area contributed by atoms with Crippen molar-refractivity contribution >= 4 is 23.7 Å². The third-order valence-corrected chi connectivity index (χ3v) is 6.10. The van der Waals surface area contributed by atoms with Crippen LogP contribution >= 0.6 is 0 Å². The molecule has 2 aliphatic rings. The van der Waals surface area contributed by atoms with Crippen molar-refractivity contribution in [3.63, 3.8) is 0 Å². The normalized spacial score (nSPS) is 17.3. The molecule has 162 valence electrons. The summed E-state index contributed by atoms with van der Waals surface area (Å²) in [6.45, 7) is 3.87. The summed E-state index contributed by atoms with van der Waals surface area (Å²) in [4.78, 5) is 33.7. The predicted octanol–water partition coefficient (Wildman–Crippen LogP) is 3.25. The number of pyridine rings is 1. The van der Waals surface area contributed by atoms with Gasteiger partial charge in [-0.2, -0.15) is 0 Å². The number of carbonyl (C=O) groups is 2. The molecule has 0 spiro atoms. The maximum atomic E-state index is 12.6. The van der Waals surface area contributed by atoms with Gasteiger partial charge in [0.15, 0.2) is 0 Å². The summed E-state index contributed by atoms with van der Waals surface area (Å²) in [6.07, 6.45) is 9.17. The molecular weight excluding hydrogens is 388 g/mol. The van der Waals surface area contributed by atoms with E-state index in [2.05, 4.69) is 15.2 Å². The van der Waals surface area contributed by atoms with Crippen LogP contribution in [-0.2, 0) is 16.1 Å². The second-order valence-corrected chi connectivity index (χ2v) is 8.28. The Bertz CT molecular complexity index is 897. The molecule has 0 unspecified atom stereocenters. The fraction of sp³-hybridized carbons (Fsp3) is 0.400. The molecule has 1 N–H and O–H groups in total. The maximum absolute atomic E-state index is 12.6. The molecule has 6 heteroatoms. The number of aromatic nitrogens is 1. The molecule has 0 atom stereocenters. The van der Waals surface area contributed by atoms with Crippen LogP contribution < -0.4 is 10.2 Å². The zero-order chi connectivity index (χ0) is 21.5. The third kappa shape index (κ3) is 5.72. The Kier molecular flexibility index (Phi) is 6.97. The lowest BCUT2D eigenvalue weighted by molar-refractivity contribution is -0.132. The second-order valence-electron chi connectivity index (χ2n) is 8.28. The summed E-state index contributed by atoms with van der Waals surface area (Å²) in [5, 5.41) is 3.04. The highest BCUT2D eigenvalue weighted by atomic mass is 16.2. The van der Waals surface area contributed by atoms with E-state index in [0.29, 0.717) is 32.5 Å². The number of rotatable bonds is 6. The number of carbonyl (C=O) groups excluding carboxylic acids is 2. The molecule has 0 bridgehead atoms. The Morgan fingerprint density at radius 1 is 1.00 bits per heavy atom. The van der Waals surface area contributed by atoms with Crippen molar-refractivity contribution in [3.05, 3.63) is 65.9 Å². The summed E-state index contributed by atoms with van der Waals surface area (Å²) in [5.74, 6) is 1.05. The molecule has 2 amide bonds. The average molecular weight is 419 g/mol. The Balaban J connectivity index is 1.20. The van der Waals surface area contributed by atoms with E-state index < -0.39 is 0 Å². The number of hydrogen-bond acceptors (Lipinski definition) is 4. The van der Waals surface area contributed by atoms with Gasteiger partial charge >= 0.3 is 0 Å². The van der Waals surface area contributed by atoms with Gasteiger partial charge in [0.2, 0.25) is 11.8 Å². The summed E-state index contributed by atoms with van der Waals surface area (Å²) in [5.41, 5.74) is 2.02. The smallest absolute Gasteiger partial charge is 0.246 e. The summed E-state index contributed by atoms with van der Waals surface area (Å²) < 4.78 is 0. The monoisotopic (exact) mass is 418 g/mol. The third-order valence-electron chi connectivity index (χ3n) is 6.10. The fourth-order valence-corrected chi connectivity index (χ4v) is 4.19. The van der Waals surface area contributed by atoms with E-state index >= 15 is 0 Å². The van der Waals surface area contributed by atoms with Gasteiger partial charge in [-0.05, 0) is 49.0 Å². The number of nitrogens with one attached hydrogen (secondary N) is 1. The van der Waals surface area contributed by atoms with Crippen LogP contribution in [0.4, 0.5) is 5.82 Å². The van der Waals surface area contributed by atoms with Crippen molar-refractivity contribution < 1.29 is 9.59 Å². The molecule has 3 heterocycles. The highest BCUT2D eigenvalue weighted by Crippen LogP contribution is 2.19. The van der Waals surface area contributed by atoms with Gasteiger partial charge in [0.1, 0.15) is 5.82 Å². The molecule has 31 heavy (non-hydrogen) atoms. The van der Waals surface area contributed by atoms with Crippen LogP contribution in [0.15, 0.2) is 54.7 Å². The lowest BCUT2D eigenvalue weighted by Crippen LogP contribution is -2.42. The maximum Gasteiger partial charge on any atom is 0.246 e. The number of amides is 2. The number of benzene rings is 1. The number of piperidine rings is 1. The molecule has 2 fully saturated rings. The first-order valence-electron chi connectivity index (χ1n) is 11.2. The lowest BCUT2D eigenvalue weighted by atomic mass is 9.95. The molecule has 1 aromatic heterocycles. The molecule has 0 aliphatic carbocycles. The van der Waals surface area contributed by atoms with Crippen LogP contribution in [-0.4, -0.2) is 47.9 Å². The van der Waals surface area contributed by atoms with E-state index in [1.54, 1.807) is 6.08 Å². The van der Waals surface area contributed by atoms with Crippen molar-refractivity contribution in [2.45, 2.75) is 32.2 Å². The zero-order valence-corrected chi connectivity index (χ0v) is 17.9. The van der Waals surface area contributed by atoms with E-state index in [-0.39, 0.29) is 17.7 Å². The Hall–Kier alpha value is -3.15. The fourth-order valence-electron chi connectivity index (χ4n) is 4.19. The minimum atomic E-state index is -0.0426. The van der Waals surface area contributed by atoms with Crippen molar-refractivity contribution in [1.82, 2.24) is 15.2 Å². The van der Waals surface area contributed by atoms with Gasteiger partial charge in [0, 0.05) is 50.9 Å². The summed E-state index contributed by atoms with van der Waals surface area (Å²) in [6, 6.07) is 13.9. The van der Waals surface area contributed by atoms with E-state index in [0.717, 1.165) is 30.0 Å². The first-order chi connectivity index (χ1) is 15.2. The molecular formula is C25H30N4O2. The van der Waals surface area contributed by atoms with Gasteiger partial charge < -0.3 is 15.1 Å². The van der Waals surface area contributed by atoms with Crippen LogP contribution in [0.2, 0.25) is 0 Å². The van der Waals surface area contributed by atoms with Crippen LogP contribution in [0.1, 0.15) is 36.8 Å². The number of likely N-dealkylation sites (tertiary alicyclic amines) is 1. The van der Waals surface area contributed by atoms with Gasteiger partial charge in [0.25, 0.3) is 0 Å². The van der Waals surface area contributed by atoms with Gasteiger partial charge in [-0.15, -0.1) is 0 Å². The number of anilines is 1. The van der Waals surface area contributed by atoms with E-state index in [9.17, 15) is 9.59 Å². The SMILES string of the molecule is O=C(NCc1ccc(N2CCCC2)nc1)C1CCN(C(=O)/C=C/c2ccccc2)CC1. The average Bonchev–Trinajstić information content (AvgIpc) is 3.37. The number of nitrogens with zero attached hydrogens (tertiary/aromatic N) is 3. The first-order valence-corrected chi connectivity index (χ1v) is 11.2. The highest BCUT2D eigenvalue weighted by molar-refractivity contribution is 5.92. The number of hydrogen-bond donors (Lipinski definition) is 1. The summed E-state index contributed by atoms with van der Waals surface area (Å²) >= 11 is 0. The minimum absolute atomic E-state index is 0.00637. The second kappa shape index (κ2) is 10.2. The molecule has 2 aromatic rings. The Morgan fingerprint density at radius 3 is 2.42 bits per heavy atom. The lowest BCUT2D eigenvalue weighted by Gasteiger charge is -2.30. The quantitative estimate of drug-likeness (QED) is 0.732. The van der Waals surface area contributed by atoms with Crippen LogP contribution in [0, 0.1) is 5.92 Å². The van der Waals surface area contributed by atoms with Crippen LogP contribution in [0.5, 0.6) is 0 Å². The molecule has 4 rings (SSSR count). The van der Waals surface area contributed by atoms with Crippen LogP contribution in [0.3, 0.4) is 0 Å². The molecule has 2 aliphatic heterocycles. The zero-order valence-electron chi connectivity index (χ0n) is 17.9. The van der Waals surface area contributed by atoms with Crippen molar-refractivity contribution in [1.29, 1.82) is 0 Å². The van der Waals surface area contributed by atoms with Gasteiger partial charge in [-0.25, -0.2) is 4.98 Å². The molecule has 1 aromatic carbocycles. The minimum Gasteiger partial charge on any atom is -0.357 e.